The zero-order valence-electron chi connectivity index (χ0n) is 60.7. The summed E-state index contributed by atoms with van der Waals surface area (Å²) in [4.78, 5) is 72.7. The monoisotopic (exact) mass is 1370 g/mol. The number of phosphoric acid groups is 2. The van der Waals surface area contributed by atoms with Crippen molar-refractivity contribution >= 4 is 39.5 Å². The van der Waals surface area contributed by atoms with Gasteiger partial charge in [0.05, 0.1) is 26.4 Å². The van der Waals surface area contributed by atoms with E-state index in [-0.39, 0.29) is 25.7 Å². The second-order valence-electron chi connectivity index (χ2n) is 27.6. The molecule has 7 atom stereocenters. The summed E-state index contributed by atoms with van der Waals surface area (Å²) in [5.41, 5.74) is 0. The van der Waals surface area contributed by atoms with Gasteiger partial charge in [0, 0.05) is 25.7 Å². The number of aliphatic hydroxyl groups excluding tert-OH is 1. The van der Waals surface area contributed by atoms with Gasteiger partial charge in [-0.25, -0.2) is 9.13 Å². The molecule has 0 bridgehead atoms. The van der Waals surface area contributed by atoms with Crippen LogP contribution < -0.4 is 0 Å². The van der Waals surface area contributed by atoms with E-state index in [4.69, 9.17) is 37.0 Å². The highest BCUT2D eigenvalue weighted by Gasteiger charge is 2.30. The molecule has 0 aromatic carbocycles. The lowest BCUT2D eigenvalue weighted by atomic mass is 9.99. The molecule has 17 nitrogen and oxygen atoms in total. The number of carbonyl (C=O) groups excluding carboxylic acids is 4. The van der Waals surface area contributed by atoms with Crippen molar-refractivity contribution in [2.45, 2.75) is 394 Å². The van der Waals surface area contributed by atoms with Crippen LogP contribution in [0.4, 0.5) is 0 Å². The molecule has 0 amide bonds. The van der Waals surface area contributed by atoms with Crippen LogP contribution in [0.1, 0.15) is 376 Å². The maximum atomic E-state index is 13.1. The molecule has 0 aromatic rings. The van der Waals surface area contributed by atoms with Gasteiger partial charge in [-0.15, -0.1) is 0 Å². The van der Waals surface area contributed by atoms with Crippen LogP contribution in [-0.4, -0.2) is 96.7 Å². The van der Waals surface area contributed by atoms with Gasteiger partial charge in [-0.2, -0.15) is 0 Å². The number of phosphoric ester groups is 2. The molecular formula is C74H144O17P2. The topological polar surface area (TPSA) is 237 Å². The van der Waals surface area contributed by atoms with Crippen molar-refractivity contribution in [2.24, 2.45) is 17.8 Å². The molecule has 0 rings (SSSR count). The van der Waals surface area contributed by atoms with E-state index < -0.39 is 97.5 Å². The smallest absolute Gasteiger partial charge is 0.462 e. The molecule has 0 saturated heterocycles. The number of hydrogen-bond donors (Lipinski definition) is 3. The third-order valence-corrected chi connectivity index (χ3v) is 19.8. The maximum Gasteiger partial charge on any atom is 0.472 e. The quantitative estimate of drug-likeness (QED) is 0.0222. The van der Waals surface area contributed by atoms with Crippen molar-refractivity contribution in [3.8, 4) is 0 Å². The Morgan fingerprint density at radius 2 is 0.548 bits per heavy atom. The summed E-state index contributed by atoms with van der Waals surface area (Å²) in [6, 6.07) is 0. The number of aliphatic hydroxyl groups is 1. The summed E-state index contributed by atoms with van der Waals surface area (Å²) in [5, 5.41) is 10.6. The Balaban J connectivity index is 5.26. The van der Waals surface area contributed by atoms with E-state index in [0.29, 0.717) is 25.7 Å². The van der Waals surface area contributed by atoms with E-state index in [9.17, 15) is 43.2 Å². The average Bonchev–Trinajstić information content (AvgIpc) is 3.74. The largest absolute Gasteiger partial charge is 0.472 e. The first kappa shape index (κ1) is 91.1. The lowest BCUT2D eigenvalue weighted by molar-refractivity contribution is -0.161. The molecule has 552 valence electrons. The van der Waals surface area contributed by atoms with Crippen molar-refractivity contribution in [1.82, 2.24) is 0 Å². The number of ether oxygens (including phenoxy) is 4. The first-order valence-corrected chi connectivity index (χ1v) is 41.4. The van der Waals surface area contributed by atoms with Gasteiger partial charge in [0.25, 0.3) is 0 Å². The minimum atomic E-state index is -4.96. The molecule has 0 fully saturated rings. The van der Waals surface area contributed by atoms with Crippen molar-refractivity contribution in [1.29, 1.82) is 0 Å². The first-order valence-electron chi connectivity index (χ1n) is 38.4. The van der Waals surface area contributed by atoms with Crippen LogP contribution in [0.15, 0.2) is 0 Å². The van der Waals surface area contributed by atoms with E-state index in [1.807, 2.05) is 0 Å². The Hall–Kier alpha value is -1.94. The van der Waals surface area contributed by atoms with E-state index in [1.54, 1.807) is 0 Å². The van der Waals surface area contributed by atoms with Gasteiger partial charge in [-0.3, -0.25) is 37.3 Å². The Morgan fingerprint density at radius 3 is 0.817 bits per heavy atom. The van der Waals surface area contributed by atoms with Crippen molar-refractivity contribution in [3.05, 3.63) is 0 Å². The molecule has 93 heavy (non-hydrogen) atoms. The van der Waals surface area contributed by atoms with Gasteiger partial charge < -0.3 is 33.8 Å². The van der Waals surface area contributed by atoms with Gasteiger partial charge in [-0.05, 0) is 43.4 Å². The maximum absolute atomic E-state index is 13.1. The molecule has 4 unspecified atom stereocenters. The second kappa shape index (κ2) is 64.7. The lowest BCUT2D eigenvalue weighted by Gasteiger charge is -2.21. The molecule has 0 aliphatic carbocycles. The van der Waals surface area contributed by atoms with Crippen LogP contribution in [0.5, 0.6) is 0 Å². The predicted octanol–water partition coefficient (Wildman–Crippen LogP) is 21.4. The standard InChI is InChI=1S/C74H144O17P2/c1-8-11-12-13-14-15-16-17-18-21-24-27-33-41-48-55-71(76)84-61-69(90-73(78)57-50-43-34-28-25-22-19-20-23-26-31-38-45-52-65(4)5)63-88-92(80,81)86-59-68(75)60-87-93(82,83)89-64-70(62-85-72(77)56-49-42-37-36-40-47-54-67(7)10-3)91-74(79)58-51-44-35-30-29-32-39-46-53-66(6)9-2/h65-70,75H,8-64H2,1-7H3,(H,80,81)(H,82,83)/t66?,67?,68-,69-,70-/m1/s1. The fourth-order valence-electron chi connectivity index (χ4n) is 11.2. The van der Waals surface area contributed by atoms with Crippen LogP contribution in [0, 0.1) is 17.8 Å². The van der Waals surface area contributed by atoms with Crippen molar-refractivity contribution < 1.29 is 80.2 Å². The lowest BCUT2D eigenvalue weighted by Crippen LogP contribution is -2.30. The number of carbonyl (C=O) groups is 4. The minimum Gasteiger partial charge on any atom is -0.462 e. The summed E-state index contributed by atoms with van der Waals surface area (Å²) in [6.45, 7) is 11.9. The molecule has 0 heterocycles. The third kappa shape index (κ3) is 65.8. The van der Waals surface area contributed by atoms with Crippen LogP contribution in [0.25, 0.3) is 0 Å². The fourth-order valence-corrected chi connectivity index (χ4v) is 12.8. The van der Waals surface area contributed by atoms with Crippen LogP contribution in [-0.2, 0) is 65.4 Å². The molecule has 0 radical (unpaired) electrons. The van der Waals surface area contributed by atoms with E-state index in [0.717, 1.165) is 114 Å². The van der Waals surface area contributed by atoms with Crippen molar-refractivity contribution in [3.63, 3.8) is 0 Å². The predicted molar refractivity (Wildman–Crippen MR) is 377 cm³/mol. The van der Waals surface area contributed by atoms with Gasteiger partial charge in [-0.1, -0.05) is 325 Å². The zero-order chi connectivity index (χ0) is 68.7. The number of unbranched alkanes of at least 4 members (excludes halogenated alkanes) is 38. The van der Waals surface area contributed by atoms with Gasteiger partial charge in [0.2, 0.25) is 0 Å². The summed E-state index contributed by atoms with van der Waals surface area (Å²) in [5.74, 6) is 0.165. The summed E-state index contributed by atoms with van der Waals surface area (Å²) in [7, 11) is -9.91. The van der Waals surface area contributed by atoms with Crippen LogP contribution in [0.3, 0.4) is 0 Å². The summed E-state index contributed by atoms with van der Waals surface area (Å²) < 4.78 is 68.5. The van der Waals surface area contributed by atoms with Crippen LogP contribution >= 0.6 is 15.6 Å². The zero-order valence-corrected chi connectivity index (χ0v) is 62.5. The molecule has 0 spiro atoms. The van der Waals surface area contributed by atoms with E-state index in [2.05, 4.69) is 48.5 Å². The van der Waals surface area contributed by atoms with Crippen molar-refractivity contribution in [2.75, 3.05) is 39.6 Å². The highest BCUT2D eigenvalue weighted by Crippen LogP contribution is 2.45. The Kier molecular flexibility index (Phi) is 63.4. The molecule has 0 aromatic heterocycles. The molecule has 0 saturated carbocycles. The van der Waals surface area contributed by atoms with Gasteiger partial charge >= 0.3 is 39.5 Å². The normalized spacial score (nSPS) is 14.7. The van der Waals surface area contributed by atoms with Gasteiger partial charge in [0.15, 0.2) is 12.2 Å². The first-order chi connectivity index (χ1) is 44.8. The van der Waals surface area contributed by atoms with Gasteiger partial charge in [0.1, 0.15) is 19.3 Å². The highest BCUT2D eigenvalue weighted by atomic mass is 31.2. The van der Waals surface area contributed by atoms with E-state index >= 15 is 0 Å². The third-order valence-electron chi connectivity index (χ3n) is 17.9. The molecular weight excluding hydrogens is 1220 g/mol. The molecule has 3 N–H and O–H groups in total. The minimum absolute atomic E-state index is 0.104. The Bertz CT molecular complexity index is 1820. The van der Waals surface area contributed by atoms with E-state index in [1.165, 1.54) is 180 Å². The number of esters is 4. The number of rotatable bonds is 72. The summed E-state index contributed by atoms with van der Waals surface area (Å²) >= 11 is 0. The highest BCUT2D eigenvalue weighted by molar-refractivity contribution is 7.47. The SMILES string of the molecule is CCCCCCCCCCCCCCCCCC(=O)OC[C@H](COP(=O)(O)OC[C@@H](O)COP(=O)(O)OC[C@@H](COC(=O)CCCCCCCCC(C)CC)OC(=O)CCCCCCCCCCC(C)CC)OC(=O)CCCCCCCCCCCCCCCC(C)C. The van der Waals surface area contributed by atoms with Crippen LogP contribution in [0.2, 0.25) is 0 Å². The molecule has 19 heteroatoms. The second-order valence-corrected chi connectivity index (χ2v) is 30.6. The summed E-state index contributed by atoms with van der Waals surface area (Å²) in [6.07, 6.45) is 49.9. The Labute approximate surface area is 568 Å². The Morgan fingerprint density at radius 1 is 0.312 bits per heavy atom. The average molecular weight is 1370 g/mol. The molecule has 0 aliphatic rings. The fraction of sp³-hybridized carbons (Fsp3) is 0.946. The number of hydrogen-bond acceptors (Lipinski definition) is 15. The molecule has 0 aliphatic heterocycles.